The normalized spacial score (nSPS) is 11.5. The Morgan fingerprint density at radius 1 is 1.32 bits per heavy atom. The van der Waals surface area contributed by atoms with E-state index in [2.05, 4.69) is 4.98 Å². The number of nitrogens with two attached hydrogens (primary N) is 1. The van der Waals surface area contributed by atoms with Gasteiger partial charge in [0, 0.05) is 18.6 Å². The summed E-state index contributed by atoms with van der Waals surface area (Å²) in [6, 6.07) is 2.53. The molecule has 1 aromatic carbocycles. The van der Waals surface area contributed by atoms with E-state index in [9.17, 15) is 8.42 Å². The second-order valence-corrected chi connectivity index (χ2v) is 7.24. The zero-order valence-electron chi connectivity index (χ0n) is 9.67. The third-order valence-corrected chi connectivity index (χ3v) is 5.71. The number of hydrogen-bond acceptors (Lipinski definition) is 5. The molecule has 0 atom stereocenters. The van der Waals surface area contributed by atoms with Gasteiger partial charge < -0.3 is 5.73 Å². The van der Waals surface area contributed by atoms with Crippen LogP contribution in [0.15, 0.2) is 28.6 Å². The van der Waals surface area contributed by atoms with Crippen LogP contribution in [-0.2, 0) is 10.0 Å². The molecule has 0 aliphatic rings. The minimum atomic E-state index is -3.77. The first-order valence-corrected chi connectivity index (χ1v) is 8.04. The van der Waals surface area contributed by atoms with Crippen LogP contribution >= 0.6 is 34.5 Å². The number of aromatic nitrogens is 1. The van der Waals surface area contributed by atoms with Crippen LogP contribution in [0.3, 0.4) is 0 Å². The molecule has 1 aromatic heterocycles. The van der Waals surface area contributed by atoms with Gasteiger partial charge in [-0.1, -0.05) is 23.2 Å². The van der Waals surface area contributed by atoms with Crippen LogP contribution in [0.25, 0.3) is 0 Å². The van der Waals surface area contributed by atoms with Gasteiger partial charge in [0.05, 0.1) is 20.6 Å². The lowest BCUT2D eigenvalue weighted by atomic mass is 10.3. The van der Waals surface area contributed by atoms with Crippen LogP contribution in [0.4, 0.5) is 10.8 Å². The summed E-state index contributed by atoms with van der Waals surface area (Å²) < 4.78 is 25.8. The van der Waals surface area contributed by atoms with Gasteiger partial charge in [0.2, 0.25) is 0 Å². The van der Waals surface area contributed by atoms with Gasteiger partial charge in [-0.15, -0.1) is 11.3 Å². The Hall–Kier alpha value is -1.02. The minimum absolute atomic E-state index is 0.0330. The smallest absolute Gasteiger partial charge is 0.265 e. The molecule has 9 heteroatoms. The van der Waals surface area contributed by atoms with E-state index < -0.39 is 10.0 Å². The molecule has 0 aliphatic carbocycles. The lowest BCUT2D eigenvalue weighted by Gasteiger charge is -2.17. The Balaban J connectivity index is 2.51. The summed E-state index contributed by atoms with van der Waals surface area (Å²) in [5.41, 5.74) is 5.73. The van der Waals surface area contributed by atoms with Crippen molar-refractivity contribution in [3.8, 4) is 0 Å². The third kappa shape index (κ3) is 2.64. The number of benzene rings is 1. The van der Waals surface area contributed by atoms with Gasteiger partial charge in [-0.3, -0.25) is 0 Å². The molecular formula is C10H9Cl2N3O2S2. The summed E-state index contributed by atoms with van der Waals surface area (Å²) in [5, 5.41) is 2.23. The maximum absolute atomic E-state index is 12.4. The van der Waals surface area contributed by atoms with E-state index >= 15 is 0 Å². The number of halogens is 2. The number of hydrogen-bond donors (Lipinski definition) is 1. The first kappa shape index (κ1) is 14.4. The van der Waals surface area contributed by atoms with Gasteiger partial charge in [0.15, 0.2) is 5.13 Å². The highest BCUT2D eigenvalue weighted by Gasteiger charge is 2.24. The second-order valence-electron chi connectivity index (χ2n) is 3.59. The van der Waals surface area contributed by atoms with Crippen molar-refractivity contribution in [1.29, 1.82) is 0 Å². The van der Waals surface area contributed by atoms with E-state index in [1.54, 1.807) is 5.38 Å². The zero-order valence-corrected chi connectivity index (χ0v) is 12.8. The van der Waals surface area contributed by atoms with Crippen molar-refractivity contribution in [2.24, 2.45) is 0 Å². The van der Waals surface area contributed by atoms with Gasteiger partial charge >= 0.3 is 0 Å². The van der Waals surface area contributed by atoms with E-state index in [0.29, 0.717) is 5.13 Å². The number of rotatable bonds is 3. The molecule has 0 aliphatic heterocycles. The molecule has 2 N–H and O–H groups in total. The summed E-state index contributed by atoms with van der Waals surface area (Å²) in [6.45, 7) is 0. The standard InChI is InChI=1S/C10H9Cl2N3O2S2/c1-15(10-14-2-3-18-10)19(16,17)6-4-7(11)9(13)8(12)5-6/h2-5H,13H2,1H3. The lowest BCUT2D eigenvalue weighted by molar-refractivity contribution is 0.594. The average Bonchev–Trinajstić information content (AvgIpc) is 2.87. The summed E-state index contributed by atoms with van der Waals surface area (Å²) in [7, 11) is -2.36. The minimum Gasteiger partial charge on any atom is -0.396 e. The van der Waals surface area contributed by atoms with Crippen molar-refractivity contribution >= 4 is 55.4 Å². The predicted octanol–water partition coefficient (Wildman–Crippen LogP) is 2.86. The summed E-state index contributed by atoms with van der Waals surface area (Å²) in [6.07, 6.45) is 1.52. The summed E-state index contributed by atoms with van der Waals surface area (Å²) in [5.74, 6) is 0. The van der Waals surface area contributed by atoms with Crippen LogP contribution in [0, 0.1) is 0 Å². The van der Waals surface area contributed by atoms with Gasteiger partial charge in [0.25, 0.3) is 10.0 Å². The van der Waals surface area contributed by atoms with Gasteiger partial charge in [-0.25, -0.2) is 17.7 Å². The highest BCUT2D eigenvalue weighted by atomic mass is 35.5. The fourth-order valence-corrected chi connectivity index (χ4v) is 4.00. The highest BCUT2D eigenvalue weighted by Crippen LogP contribution is 2.33. The highest BCUT2D eigenvalue weighted by molar-refractivity contribution is 7.93. The Bertz CT molecular complexity index is 679. The molecule has 0 spiro atoms. The maximum Gasteiger partial charge on any atom is 0.265 e. The van der Waals surface area contributed by atoms with Crippen molar-refractivity contribution in [3.63, 3.8) is 0 Å². The monoisotopic (exact) mass is 337 g/mol. The molecule has 0 unspecified atom stereocenters. The van der Waals surface area contributed by atoms with E-state index in [1.165, 1.54) is 36.7 Å². The van der Waals surface area contributed by atoms with Crippen molar-refractivity contribution in [1.82, 2.24) is 4.98 Å². The summed E-state index contributed by atoms with van der Waals surface area (Å²) in [4.78, 5) is 3.91. The second kappa shape index (κ2) is 5.16. The number of anilines is 2. The van der Waals surface area contributed by atoms with Crippen molar-refractivity contribution in [2.45, 2.75) is 4.90 Å². The Labute approximate surface area is 124 Å². The number of sulfonamides is 1. The molecule has 2 rings (SSSR count). The quantitative estimate of drug-likeness (QED) is 0.873. The fourth-order valence-electron chi connectivity index (χ4n) is 1.34. The van der Waals surface area contributed by atoms with Crippen LogP contribution in [-0.4, -0.2) is 20.4 Å². The molecule has 0 bridgehead atoms. The van der Waals surface area contributed by atoms with E-state index in [1.807, 2.05) is 0 Å². The molecule has 102 valence electrons. The molecule has 1 heterocycles. The molecule has 19 heavy (non-hydrogen) atoms. The zero-order chi connectivity index (χ0) is 14.2. The van der Waals surface area contributed by atoms with Crippen LogP contribution in [0.5, 0.6) is 0 Å². The number of nitrogens with zero attached hydrogens (tertiary/aromatic N) is 2. The first-order valence-electron chi connectivity index (χ1n) is 4.97. The Kier molecular flexibility index (Phi) is 3.91. The molecule has 2 aromatic rings. The maximum atomic E-state index is 12.4. The Morgan fingerprint density at radius 3 is 2.37 bits per heavy atom. The predicted molar refractivity (Wildman–Crippen MR) is 78.6 cm³/mol. The lowest BCUT2D eigenvalue weighted by Crippen LogP contribution is -2.26. The molecule has 0 amide bonds. The van der Waals surface area contributed by atoms with Crippen LogP contribution in [0.1, 0.15) is 0 Å². The van der Waals surface area contributed by atoms with Crippen molar-refractivity contribution in [3.05, 3.63) is 33.8 Å². The Morgan fingerprint density at radius 2 is 1.89 bits per heavy atom. The molecular weight excluding hydrogens is 329 g/mol. The third-order valence-electron chi connectivity index (χ3n) is 2.40. The van der Waals surface area contributed by atoms with Gasteiger partial charge in [0.1, 0.15) is 0 Å². The van der Waals surface area contributed by atoms with Crippen LogP contribution < -0.4 is 10.0 Å². The number of nitrogen functional groups attached to an aromatic ring is 1. The van der Waals surface area contributed by atoms with Crippen molar-refractivity contribution < 1.29 is 8.42 Å². The van der Waals surface area contributed by atoms with E-state index in [4.69, 9.17) is 28.9 Å². The molecule has 0 saturated heterocycles. The van der Waals surface area contributed by atoms with Gasteiger partial charge in [-0.05, 0) is 12.1 Å². The molecule has 0 fully saturated rings. The van der Waals surface area contributed by atoms with E-state index in [-0.39, 0.29) is 20.6 Å². The molecule has 5 nitrogen and oxygen atoms in total. The van der Waals surface area contributed by atoms with E-state index in [0.717, 1.165) is 4.31 Å². The molecule has 0 saturated carbocycles. The van der Waals surface area contributed by atoms with Crippen LogP contribution in [0.2, 0.25) is 10.0 Å². The largest absolute Gasteiger partial charge is 0.396 e. The number of thiazole rings is 1. The van der Waals surface area contributed by atoms with Gasteiger partial charge in [-0.2, -0.15) is 0 Å². The average molecular weight is 338 g/mol. The van der Waals surface area contributed by atoms with Crippen molar-refractivity contribution in [2.75, 3.05) is 17.1 Å². The first-order chi connectivity index (χ1) is 8.84. The summed E-state index contributed by atoms with van der Waals surface area (Å²) >= 11 is 12.9. The molecule has 0 radical (unpaired) electrons. The fraction of sp³-hybridized carbons (Fsp3) is 0.100. The topological polar surface area (TPSA) is 76.3 Å². The SMILES string of the molecule is CN(c1nccs1)S(=O)(=O)c1cc(Cl)c(N)c(Cl)c1.